The van der Waals surface area contributed by atoms with Gasteiger partial charge in [-0.3, -0.25) is 4.79 Å². The molecule has 46 heavy (non-hydrogen) atoms. The number of fused-ring (bicyclic) bond motifs is 5. The Kier molecular flexibility index (Phi) is 7.37. The number of aliphatic hydroxyl groups is 2. The van der Waals surface area contributed by atoms with Gasteiger partial charge >= 0.3 is 0 Å². The first kappa shape index (κ1) is 31.3. The van der Waals surface area contributed by atoms with Gasteiger partial charge in [-0.1, -0.05) is 124 Å². The fourth-order valence-corrected chi connectivity index (χ4v) is 9.91. The lowest BCUT2D eigenvalue weighted by Crippen LogP contribution is -2.61. The van der Waals surface area contributed by atoms with Crippen molar-refractivity contribution in [3.63, 3.8) is 0 Å². The number of benzene rings is 3. The molecule has 4 aliphatic rings. The van der Waals surface area contributed by atoms with E-state index in [1.54, 1.807) is 6.92 Å². The lowest BCUT2D eigenvalue weighted by Gasteiger charge is -2.50. The van der Waals surface area contributed by atoms with E-state index in [0.29, 0.717) is 18.6 Å². The molecule has 0 bridgehead atoms. The Balaban J connectivity index is 1.38. The number of ketones is 1. The predicted molar refractivity (Wildman–Crippen MR) is 179 cm³/mol. The molecule has 0 radical (unpaired) electrons. The third-order valence-corrected chi connectivity index (χ3v) is 12.1. The van der Waals surface area contributed by atoms with Crippen molar-refractivity contribution >= 4 is 5.78 Å². The summed E-state index contributed by atoms with van der Waals surface area (Å²) in [4.78, 5) is 13.8. The fraction of sp³-hybridized carbons (Fsp3) is 0.439. The van der Waals surface area contributed by atoms with Crippen molar-refractivity contribution in [3.05, 3.63) is 131 Å². The lowest BCUT2D eigenvalue weighted by atomic mass is 9.60. The van der Waals surface area contributed by atoms with Gasteiger partial charge in [0.2, 0.25) is 0 Å². The van der Waals surface area contributed by atoms with Gasteiger partial charge in [0.25, 0.3) is 0 Å². The zero-order valence-corrected chi connectivity index (χ0v) is 27.6. The van der Waals surface area contributed by atoms with E-state index in [-0.39, 0.29) is 47.6 Å². The number of carbonyl (C=O) groups excluding carboxylic acids is 1. The highest BCUT2D eigenvalue weighted by Gasteiger charge is 2.81. The average Bonchev–Trinajstić information content (AvgIpc) is 3.47. The van der Waals surface area contributed by atoms with Crippen LogP contribution in [0.25, 0.3) is 0 Å². The summed E-state index contributed by atoms with van der Waals surface area (Å²) < 4.78 is 13.8. The maximum absolute atomic E-state index is 13.8. The summed E-state index contributed by atoms with van der Waals surface area (Å²) in [5.74, 6) is -1.53. The van der Waals surface area contributed by atoms with E-state index in [1.807, 2.05) is 67.6 Å². The largest absolute Gasteiger partial charge is 0.388 e. The Morgan fingerprint density at radius 3 is 1.87 bits per heavy atom. The summed E-state index contributed by atoms with van der Waals surface area (Å²) >= 11 is 0. The standard InChI is InChI=1S/C41H46O5/c1-6-45-39-24-28(3)40(44)33(35(39)37(39,4)5)23-29(25-38(43)34(40)22-27(2)36(38)42)26-46-41(30-16-10-7-11-17-30,31-18-12-8-13-19-31)32-20-14-9-15-21-32/h7-23,28,33-35,43-44H,6,24-26H2,1-5H3/t28-,33+,34-,35-,38-,39+,40-/m1/s1. The van der Waals surface area contributed by atoms with Crippen molar-refractivity contribution < 1.29 is 24.5 Å². The van der Waals surface area contributed by atoms with Crippen LogP contribution in [0.15, 0.2) is 114 Å². The normalized spacial score (nSPS) is 34.5. The van der Waals surface area contributed by atoms with Crippen molar-refractivity contribution in [2.24, 2.45) is 29.1 Å². The number of carbonyl (C=O) groups is 1. The highest BCUT2D eigenvalue weighted by atomic mass is 16.5. The Bertz CT molecular complexity index is 1580. The van der Waals surface area contributed by atoms with Gasteiger partial charge in [0.15, 0.2) is 5.78 Å². The molecule has 5 nitrogen and oxygen atoms in total. The van der Waals surface area contributed by atoms with Crippen LogP contribution in [-0.4, -0.2) is 46.0 Å². The minimum absolute atomic E-state index is 0.0324. The molecule has 2 saturated carbocycles. The van der Waals surface area contributed by atoms with Crippen molar-refractivity contribution in [1.82, 2.24) is 0 Å². The maximum Gasteiger partial charge on any atom is 0.190 e. The molecule has 3 aromatic carbocycles. The van der Waals surface area contributed by atoms with Gasteiger partial charge in [-0.15, -0.1) is 0 Å². The number of hydrogen-bond donors (Lipinski definition) is 2. The van der Waals surface area contributed by atoms with Crippen LogP contribution < -0.4 is 0 Å². The lowest BCUT2D eigenvalue weighted by molar-refractivity contribution is -0.181. The van der Waals surface area contributed by atoms with Crippen LogP contribution in [-0.2, 0) is 19.9 Å². The summed E-state index contributed by atoms with van der Waals surface area (Å²) in [6.07, 6.45) is 4.77. The Labute approximate surface area is 273 Å². The van der Waals surface area contributed by atoms with Crippen LogP contribution in [0.1, 0.15) is 64.2 Å². The second kappa shape index (κ2) is 10.8. The van der Waals surface area contributed by atoms with Gasteiger partial charge in [-0.05, 0) is 54.0 Å². The van der Waals surface area contributed by atoms with E-state index in [4.69, 9.17) is 9.47 Å². The highest BCUT2D eigenvalue weighted by Crippen LogP contribution is 2.76. The smallest absolute Gasteiger partial charge is 0.190 e. The molecule has 0 spiro atoms. The molecule has 5 heteroatoms. The third kappa shape index (κ3) is 4.18. The molecule has 2 fully saturated rings. The molecule has 0 unspecified atom stereocenters. The van der Waals surface area contributed by atoms with Crippen molar-refractivity contribution in [2.75, 3.05) is 13.2 Å². The molecule has 240 valence electrons. The van der Waals surface area contributed by atoms with E-state index in [0.717, 1.165) is 22.3 Å². The zero-order chi connectivity index (χ0) is 32.5. The Hall–Kier alpha value is -3.35. The highest BCUT2D eigenvalue weighted by molar-refractivity contribution is 6.04. The minimum atomic E-state index is -1.75. The van der Waals surface area contributed by atoms with E-state index in [9.17, 15) is 15.0 Å². The van der Waals surface area contributed by atoms with Crippen LogP contribution in [0.4, 0.5) is 0 Å². The van der Waals surface area contributed by atoms with Crippen molar-refractivity contribution in [2.45, 2.75) is 69.9 Å². The number of rotatable bonds is 8. The van der Waals surface area contributed by atoms with Gasteiger partial charge in [0.05, 0.1) is 17.8 Å². The summed E-state index contributed by atoms with van der Waals surface area (Å²) in [7, 11) is 0. The first-order chi connectivity index (χ1) is 22.0. The van der Waals surface area contributed by atoms with Crippen LogP contribution in [0.2, 0.25) is 0 Å². The fourth-order valence-electron chi connectivity index (χ4n) is 9.91. The first-order valence-electron chi connectivity index (χ1n) is 16.8. The molecule has 4 aliphatic carbocycles. The van der Waals surface area contributed by atoms with Gasteiger partial charge in [-0.2, -0.15) is 0 Å². The van der Waals surface area contributed by atoms with Crippen LogP contribution in [0.5, 0.6) is 0 Å². The maximum atomic E-state index is 13.8. The monoisotopic (exact) mass is 618 g/mol. The van der Waals surface area contributed by atoms with Gasteiger partial charge in [-0.25, -0.2) is 0 Å². The summed E-state index contributed by atoms with van der Waals surface area (Å²) in [5.41, 5.74) is -0.312. The summed E-state index contributed by atoms with van der Waals surface area (Å²) in [6, 6.07) is 30.7. The molecule has 0 amide bonds. The van der Waals surface area contributed by atoms with Gasteiger partial charge < -0.3 is 19.7 Å². The summed E-state index contributed by atoms with van der Waals surface area (Å²) in [6.45, 7) is 11.1. The van der Waals surface area contributed by atoms with Gasteiger partial charge in [0.1, 0.15) is 11.2 Å². The molecule has 0 saturated heterocycles. The quantitative estimate of drug-likeness (QED) is 0.210. The van der Waals surface area contributed by atoms with E-state index >= 15 is 0 Å². The van der Waals surface area contributed by atoms with Gasteiger partial charge in [0, 0.05) is 36.2 Å². The van der Waals surface area contributed by atoms with E-state index in [1.165, 1.54) is 0 Å². The molecule has 3 aromatic rings. The summed E-state index contributed by atoms with van der Waals surface area (Å²) in [5, 5.41) is 25.3. The topological polar surface area (TPSA) is 76.0 Å². The molecule has 0 aliphatic heterocycles. The number of Topliss-reactive ketones (excluding diaryl/α,β-unsaturated/α-hetero) is 1. The third-order valence-electron chi connectivity index (χ3n) is 12.1. The number of ether oxygens (including phenoxy) is 2. The van der Waals surface area contributed by atoms with E-state index < -0.39 is 22.7 Å². The Morgan fingerprint density at radius 1 is 0.848 bits per heavy atom. The number of hydrogen-bond acceptors (Lipinski definition) is 5. The molecule has 7 rings (SSSR count). The molecular formula is C41H46O5. The predicted octanol–water partition coefficient (Wildman–Crippen LogP) is 7.02. The first-order valence-corrected chi connectivity index (χ1v) is 16.8. The van der Waals surface area contributed by atoms with Crippen molar-refractivity contribution in [1.29, 1.82) is 0 Å². The van der Waals surface area contributed by atoms with E-state index in [2.05, 4.69) is 63.2 Å². The molecular weight excluding hydrogens is 572 g/mol. The van der Waals surface area contributed by atoms with Crippen LogP contribution >= 0.6 is 0 Å². The second-order valence-corrected chi connectivity index (χ2v) is 14.7. The van der Waals surface area contributed by atoms with Crippen LogP contribution in [0, 0.1) is 29.1 Å². The average molecular weight is 619 g/mol. The SMILES string of the molecule is CCO[C@@]12C[C@@H](C)[C@@]3(O)[C@@H](C=C(COC(c4ccccc4)(c4ccccc4)c4ccccc4)C[C@]4(O)C(=O)C(C)=C[C@@H]34)[C@@H]1C2(C)C. The molecule has 2 N–H and O–H groups in total. The molecule has 0 aromatic heterocycles. The Morgan fingerprint density at radius 2 is 1.37 bits per heavy atom. The minimum Gasteiger partial charge on any atom is -0.388 e. The molecule has 0 heterocycles. The molecule has 7 atom stereocenters. The van der Waals surface area contributed by atoms with Crippen molar-refractivity contribution in [3.8, 4) is 0 Å². The van der Waals surface area contributed by atoms with Crippen LogP contribution in [0.3, 0.4) is 0 Å². The second-order valence-electron chi connectivity index (χ2n) is 14.7. The zero-order valence-electron chi connectivity index (χ0n) is 27.6.